The van der Waals surface area contributed by atoms with E-state index in [4.69, 9.17) is 5.11 Å². The van der Waals surface area contributed by atoms with Crippen LogP contribution in [0.3, 0.4) is 0 Å². The fourth-order valence-electron chi connectivity index (χ4n) is 0.793. The van der Waals surface area contributed by atoms with Crippen LogP contribution in [0.2, 0.25) is 0 Å². The van der Waals surface area contributed by atoms with E-state index in [1.807, 2.05) is 0 Å². The van der Waals surface area contributed by atoms with Crippen molar-refractivity contribution in [2.24, 2.45) is 0 Å². The maximum absolute atomic E-state index is 8.95. The normalized spacial score (nSPS) is 9.64. The number of hydrogen-bond acceptors (Lipinski definition) is 3. The molecule has 3 nitrogen and oxygen atoms in total. The van der Waals surface area contributed by atoms with Crippen molar-refractivity contribution in [3.63, 3.8) is 0 Å². The first-order chi connectivity index (χ1) is 5.11. The predicted molar refractivity (Wildman–Crippen MR) is 45.8 cm³/mol. The van der Waals surface area contributed by atoms with Gasteiger partial charge in [0.05, 0.1) is 11.3 Å². The summed E-state index contributed by atoms with van der Waals surface area (Å²) in [6.45, 7) is 3.57. The Labute approximate surface area is 70.1 Å². The molecule has 4 heteroatoms. The van der Waals surface area contributed by atoms with E-state index in [0.717, 1.165) is 0 Å². The van der Waals surface area contributed by atoms with Gasteiger partial charge in [0.25, 0.3) is 0 Å². The van der Waals surface area contributed by atoms with Gasteiger partial charge in [0.1, 0.15) is 5.82 Å². The number of aryl methyl sites for hydroxylation is 2. The van der Waals surface area contributed by atoms with Gasteiger partial charge >= 0.3 is 0 Å². The Morgan fingerprint density at radius 3 is 2.64 bits per heavy atom. The third kappa shape index (κ3) is 1.71. The lowest BCUT2D eigenvalue weighted by Crippen LogP contribution is -2.02. The van der Waals surface area contributed by atoms with Gasteiger partial charge in [-0.15, -0.1) is 0 Å². The summed E-state index contributed by atoms with van der Waals surface area (Å²) in [7, 11) is 0. The summed E-state index contributed by atoms with van der Waals surface area (Å²) in [5, 5.41) is 8.80. The second-order valence-corrected chi connectivity index (χ2v) is 2.61. The van der Waals surface area contributed by atoms with Crippen LogP contribution >= 0.6 is 12.2 Å². The third-order valence-electron chi connectivity index (χ3n) is 1.33. The minimum atomic E-state index is -0.150. The van der Waals surface area contributed by atoms with Crippen LogP contribution in [0.1, 0.15) is 17.1 Å². The molecular formula is C7H8N2OS. The average molecular weight is 168 g/mol. The van der Waals surface area contributed by atoms with Gasteiger partial charge in [0, 0.05) is 6.20 Å². The van der Waals surface area contributed by atoms with Gasteiger partial charge in [-0.3, -0.25) is 0 Å². The lowest BCUT2D eigenvalue weighted by atomic mass is 10.2. The molecule has 0 atom stereocenters. The molecule has 1 aromatic rings. The molecule has 0 aliphatic carbocycles. The lowest BCUT2D eigenvalue weighted by molar-refractivity contribution is 0.569. The highest BCUT2D eigenvalue weighted by atomic mass is 32.1. The summed E-state index contributed by atoms with van der Waals surface area (Å²) >= 11 is 4.57. The average Bonchev–Trinajstić information content (AvgIpc) is 1.85. The first kappa shape index (κ1) is 8.07. The molecule has 0 aliphatic heterocycles. The van der Waals surface area contributed by atoms with Gasteiger partial charge in [-0.1, -0.05) is 0 Å². The Kier molecular flexibility index (Phi) is 2.14. The second-order valence-electron chi connectivity index (χ2n) is 2.22. The van der Waals surface area contributed by atoms with Crippen molar-refractivity contribution in [3.05, 3.63) is 23.3 Å². The van der Waals surface area contributed by atoms with E-state index in [2.05, 4.69) is 22.2 Å². The zero-order chi connectivity index (χ0) is 8.43. The van der Waals surface area contributed by atoms with E-state index in [1.165, 1.54) is 6.20 Å². The van der Waals surface area contributed by atoms with Crippen molar-refractivity contribution < 1.29 is 5.11 Å². The van der Waals surface area contributed by atoms with Crippen molar-refractivity contribution in [3.8, 4) is 0 Å². The Balaban J connectivity index is 3.20. The SMILES string of the molecule is Cc1ncc(C(O)=S)c(C)n1. The highest BCUT2D eigenvalue weighted by molar-refractivity contribution is 7.80. The van der Waals surface area contributed by atoms with E-state index in [-0.39, 0.29) is 5.05 Å². The lowest BCUT2D eigenvalue weighted by Gasteiger charge is -2.00. The molecule has 0 unspecified atom stereocenters. The number of rotatable bonds is 1. The molecule has 0 aliphatic rings. The molecule has 1 heterocycles. The van der Waals surface area contributed by atoms with E-state index in [9.17, 15) is 0 Å². The molecule has 0 fully saturated rings. The van der Waals surface area contributed by atoms with Crippen LogP contribution in [-0.4, -0.2) is 20.1 Å². The summed E-state index contributed by atoms with van der Waals surface area (Å²) in [6, 6.07) is 0. The molecule has 11 heavy (non-hydrogen) atoms. The van der Waals surface area contributed by atoms with Crippen molar-refractivity contribution >= 4 is 17.3 Å². The van der Waals surface area contributed by atoms with E-state index >= 15 is 0 Å². The van der Waals surface area contributed by atoms with Crippen LogP contribution in [0.5, 0.6) is 0 Å². The van der Waals surface area contributed by atoms with Gasteiger partial charge in [0.2, 0.25) is 0 Å². The third-order valence-corrected chi connectivity index (χ3v) is 1.55. The van der Waals surface area contributed by atoms with Crippen molar-refractivity contribution in [2.75, 3.05) is 0 Å². The Hall–Kier alpha value is -1.03. The number of aliphatic hydroxyl groups excluding tert-OH is 1. The fraction of sp³-hybridized carbons (Fsp3) is 0.286. The second kappa shape index (κ2) is 2.92. The van der Waals surface area contributed by atoms with Gasteiger partial charge in [0.15, 0.2) is 5.05 Å². The quantitative estimate of drug-likeness (QED) is 0.642. The number of hydrogen-bond donors (Lipinski definition) is 1. The van der Waals surface area contributed by atoms with Crippen LogP contribution in [0.4, 0.5) is 0 Å². The number of aromatic nitrogens is 2. The molecule has 0 spiro atoms. The molecular weight excluding hydrogens is 160 g/mol. The standard InChI is InChI=1S/C7H8N2OS/c1-4-6(7(10)11)3-8-5(2)9-4/h3H,1-2H3,(H,10,11). The van der Waals surface area contributed by atoms with Gasteiger partial charge in [-0.05, 0) is 26.1 Å². The minimum Gasteiger partial charge on any atom is -0.498 e. The van der Waals surface area contributed by atoms with Crippen molar-refractivity contribution in [1.82, 2.24) is 9.97 Å². The molecule has 0 radical (unpaired) electrons. The molecule has 58 valence electrons. The van der Waals surface area contributed by atoms with E-state index in [1.54, 1.807) is 13.8 Å². The molecule has 0 aromatic carbocycles. The highest BCUT2D eigenvalue weighted by Crippen LogP contribution is 2.03. The first-order valence-electron chi connectivity index (χ1n) is 3.15. The molecule has 1 N–H and O–H groups in total. The molecule has 0 bridgehead atoms. The largest absolute Gasteiger partial charge is 0.498 e. The molecule has 1 rings (SSSR count). The Morgan fingerprint density at radius 1 is 1.55 bits per heavy atom. The van der Waals surface area contributed by atoms with Crippen LogP contribution < -0.4 is 0 Å². The zero-order valence-corrected chi connectivity index (χ0v) is 7.14. The molecule has 0 saturated heterocycles. The maximum Gasteiger partial charge on any atom is 0.192 e. The maximum atomic E-state index is 8.95. The molecule has 1 aromatic heterocycles. The van der Waals surface area contributed by atoms with Crippen molar-refractivity contribution in [1.29, 1.82) is 0 Å². The van der Waals surface area contributed by atoms with E-state index < -0.39 is 0 Å². The highest BCUT2D eigenvalue weighted by Gasteiger charge is 2.03. The minimum absolute atomic E-state index is 0.150. The number of aliphatic hydroxyl groups is 1. The fourth-order valence-corrected chi connectivity index (χ4v) is 0.994. The summed E-state index contributed by atoms with van der Waals surface area (Å²) in [4.78, 5) is 7.94. The zero-order valence-electron chi connectivity index (χ0n) is 6.33. The number of nitrogens with zero attached hydrogens (tertiary/aromatic N) is 2. The van der Waals surface area contributed by atoms with Crippen LogP contribution in [0.15, 0.2) is 6.20 Å². The predicted octanol–water partition coefficient (Wildman–Crippen LogP) is 1.33. The summed E-state index contributed by atoms with van der Waals surface area (Å²) in [5.74, 6) is 0.683. The van der Waals surface area contributed by atoms with Gasteiger partial charge in [-0.25, -0.2) is 9.97 Å². The van der Waals surface area contributed by atoms with Gasteiger partial charge < -0.3 is 5.11 Å². The summed E-state index contributed by atoms with van der Waals surface area (Å²) < 4.78 is 0. The summed E-state index contributed by atoms with van der Waals surface area (Å²) in [5.41, 5.74) is 1.25. The smallest absolute Gasteiger partial charge is 0.192 e. The Bertz CT molecular complexity index is 298. The van der Waals surface area contributed by atoms with Crippen molar-refractivity contribution in [2.45, 2.75) is 13.8 Å². The monoisotopic (exact) mass is 168 g/mol. The topological polar surface area (TPSA) is 46.0 Å². The van der Waals surface area contributed by atoms with Crippen LogP contribution in [0.25, 0.3) is 0 Å². The summed E-state index contributed by atoms with van der Waals surface area (Å²) in [6.07, 6.45) is 1.53. The van der Waals surface area contributed by atoms with Gasteiger partial charge in [-0.2, -0.15) is 0 Å². The van der Waals surface area contributed by atoms with Crippen LogP contribution in [0, 0.1) is 13.8 Å². The number of thiocarbonyl (C=S) groups is 1. The van der Waals surface area contributed by atoms with Crippen LogP contribution in [-0.2, 0) is 0 Å². The molecule has 0 saturated carbocycles. The Morgan fingerprint density at radius 2 is 2.18 bits per heavy atom. The van der Waals surface area contributed by atoms with E-state index in [0.29, 0.717) is 17.1 Å². The first-order valence-corrected chi connectivity index (χ1v) is 3.55. The molecule has 0 amide bonds.